The third kappa shape index (κ3) is 5.19. The molecular formula is C24H19NO6. The van der Waals surface area contributed by atoms with Gasteiger partial charge in [-0.25, -0.2) is 4.79 Å². The smallest absolute Gasteiger partial charge is 0.373 e. The highest BCUT2D eigenvalue weighted by Gasteiger charge is 2.14. The van der Waals surface area contributed by atoms with Crippen LogP contribution in [0.2, 0.25) is 0 Å². The molecule has 31 heavy (non-hydrogen) atoms. The molecule has 7 nitrogen and oxygen atoms in total. The van der Waals surface area contributed by atoms with Gasteiger partial charge in [0.1, 0.15) is 24.0 Å². The maximum absolute atomic E-state index is 12.5. The summed E-state index contributed by atoms with van der Waals surface area (Å²) in [7, 11) is 2.76. The SMILES string of the molecule is COC(=O)c1ccc(COc2ccc(/C=C(\C#N)C(=O)c3ccccc3)cc2OC)o1. The van der Waals surface area contributed by atoms with Gasteiger partial charge in [-0.2, -0.15) is 5.26 Å². The predicted octanol–water partition coefficient (Wildman–Crippen LogP) is 4.44. The fourth-order valence-electron chi connectivity index (χ4n) is 2.77. The largest absolute Gasteiger partial charge is 0.493 e. The van der Waals surface area contributed by atoms with Crippen molar-refractivity contribution in [3.8, 4) is 17.6 Å². The van der Waals surface area contributed by atoms with Gasteiger partial charge >= 0.3 is 5.97 Å². The topological polar surface area (TPSA) is 98.8 Å². The molecule has 3 rings (SSSR count). The van der Waals surface area contributed by atoms with E-state index in [0.29, 0.717) is 28.4 Å². The Kier molecular flexibility index (Phi) is 6.86. The molecule has 1 aromatic heterocycles. The van der Waals surface area contributed by atoms with Crippen LogP contribution in [0.3, 0.4) is 0 Å². The number of esters is 1. The zero-order valence-corrected chi connectivity index (χ0v) is 17.0. The van der Waals surface area contributed by atoms with Gasteiger partial charge in [0.25, 0.3) is 0 Å². The Hall–Kier alpha value is -4.31. The Labute approximate surface area is 179 Å². The fourth-order valence-corrected chi connectivity index (χ4v) is 2.77. The second-order valence-electron chi connectivity index (χ2n) is 6.32. The monoisotopic (exact) mass is 417 g/mol. The molecule has 0 unspecified atom stereocenters. The van der Waals surface area contributed by atoms with Gasteiger partial charge in [0, 0.05) is 5.56 Å². The van der Waals surface area contributed by atoms with E-state index in [1.807, 2.05) is 6.07 Å². The number of rotatable bonds is 8. The molecular weight excluding hydrogens is 398 g/mol. The minimum atomic E-state index is -0.571. The molecule has 0 N–H and O–H groups in total. The molecule has 156 valence electrons. The van der Waals surface area contributed by atoms with Crippen LogP contribution >= 0.6 is 0 Å². The molecule has 0 fully saturated rings. The van der Waals surface area contributed by atoms with Crippen LogP contribution < -0.4 is 9.47 Å². The van der Waals surface area contributed by atoms with Crippen LogP contribution in [-0.2, 0) is 11.3 Å². The number of ketones is 1. The molecule has 0 saturated heterocycles. The molecule has 3 aromatic rings. The number of nitriles is 1. The molecule has 0 radical (unpaired) electrons. The molecule has 0 atom stereocenters. The maximum Gasteiger partial charge on any atom is 0.373 e. The van der Waals surface area contributed by atoms with E-state index in [9.17, 15) is 14.9 Å². The lowest BCUT2D eigenvalue weighted by Gasteiger charge is -2.10. The van der Waals surface area contributed by atoms with E-state index in [-0.39, 0.29) is 23.7 Å². The summed E-state index contributed by atoms with van der Waals surface area (Å²) in [5.41, 5.74) is 1.05. The molecule has 0 aliphatic heterocycles. The van der Waals surface area contributed by atoms with Crippen molar-refractivity contribution in [1.29, 1.82) is 5.26 Å². The van der Waals surface area contributed by atoms with Crippen LogP contribution in [0.1, 0.15) is 32.2 Å². The van der Waals surface area contributed by atoms with Gasteiger partial charge < -0.3 is 18.6 Å². The van der Waals surface area contributed by atoms with E-state index in [0.717, 1.165) is 0 Å². The molecule has 0 aliphatic carbocycles. The lowest BCUT2D eigenvalue weighted by Crippen LogP contribution is -2.01. The lowest BCUT2D eigenvalue weighted by molar-refractivity contribution is 0.0560. The van der Waals surface area contributed by atoms with Crippen molar-refractivity contribution in [1.82, 2.24) is 0 Å². The molecule has 0 bridgehead atoms. The highest BCUT2D eigenvalue weighted by Crippen LogP contribution is 2.30. The number of allylic oxidation sites excluding steroid dienone is 1. The number of methoxy groups -OCH3 is 2. The standard InChI is InChI=1S/C24H19NO6/c1-28-22-13-16(12-18(14-25)23(26)17-6-4-3-5-7-17)8-10-20(22)30-15-19-9-11-21(31-19)24(27)29-2/h3-13H,15H2,1-2H3/b18-12+. The Morgan fingerprint density at radius 3 is 2.48 bits per heavy atom. The zero-order valence-electron chi connectivity index (χ0n) is 17.0. The normalized spacial score (nSPS) is 10.8. The molecule has 0 spiro atoms. The highest BCUT2D eigenvalue weighted by atomic mass is 16.5. The first kappa shape index (κ1) is 21.4. The van der Waals surface area contributed by atoms with Crippen LogP contribution in [0.5, 0.6) is 11.5 Å². The zero-order chi connectivity index (χ0) is 22.2. The number of carbonyl (C=O) groups excluding carboxylic acids is 2. The summed E-state index contributed by atoms with van der Waals surface area (Å²) in [4.78, 5) is 24.0. The Morgan fingerprint density at radius 2 is 1.81 bits per heavy atom. The van der Waals surface area contributed by atoms with Crippen molar-refractivity contribution in [3.05, 3.63) is 88.9 Å². The van der Waals surface area contributed by atoms with Gasteiger partial charge in [-0.3, -0.25) is 4.79 Å². The van der Waals surface area contributed by atoms with E-state index in [4.69, 9.17) is 13.9 Å². The van der Waals surface area contributed by atoms with Gasteiger partial charge in [0.2, 0.25) is 11.5 Å². The number of hydrogen-bond donors (Lipinski definition) is 0. The van der Waals surface area contributed by atoms with Gasteiger partial charge in [-0.1, -0.05) is 36.4 Å². The molecule has 0 amide bonds. The van der Waals surface area contributed by atoms with Crippen LogP contribution in [0.25, 0.3) is 6.08 Å². The molecule has 2 aromatic carbocycles. The van der Waals surface area contributed by atoms with E-state index in [1.54, 1.807) is 54.6 Å². The maximum atomic E-state index is 12.5. The number of Topliss-reactive ketones (excluding diaryl/α,β-unsaturated/α-hetero) is 1. The van der Waals surface area contributed by atoms with E-state index in [2.05, 4.69) is 4.74 Å². The molecule has 7 heteroatoms. The summed E-state index contributed by atoms with van der Waals surface area (Å²) < 4.78 is 21.1. The van der Waals surface area contributed by atoms with Crippen molar-refractivity contribution in [2.45, 2.75) is 6.61 Å². The van der Waals surface area contributed by atoms with Crippen LogP contribution in [0.15, 0.2) is 70.7 Å². The molecule has 0 saturated carbocycles. The number of carbonyl (C=O) groups is 2. The van der Waals surface area contributed by atoms with Gasteiger partial charge in [0.05, 0.1) is 14.2 Å². The minimum Gasteiger partial charge on any atom is -0.493 e. The van der Waals surface area contributed by atoms with Crippen LogP contribution in [0.4, 0.5) is 0 Å². The van der Waals surface area contributed by atoms with E-state index in [1.165, 1.54) is 26.4 Å². The Morgan fingerprint density at radius 1 is 1.03 bits per heavy atom. The summed E-state index contributed by atoms with van der Waals surface area (Å²) in [6.45, 7) is 0.0679. The highest BCUT2D eigenvalue weighted by molar-refractivity contribution is 6.14. The van der Waals surface area contributed by atoms with Gasteiger partial charge in [0.15, 0.2) is 11.5 Å². The third-order valence-electron chi connectivity index (χ3n) is 4.32. The van der Waals surface area contributed by atoms with Crippen molar-refractivity contribution < 1.29 is 28.2 Å². The summed E-state index contributed by atoms with van der Waals surface area (Å²) in [5, 5.41) is 9.43. The lowest BCUT2D eigenvalue weighted by atomic mass is 10.0. The fraction of sp³-hybridized carbons (Fsp3) is 0.125. The summed E-state index contributed by atoms with van der Waals surface area (Å²) in [6, 6.07) is 18.7. The Bertz CT molecular complexity index is 1150. The summed E-state index contributed by atoms with van der Waals surface area (Å²) >= 11 is 0. The second-order valence-corrected chi connectivity index (χ2v) is 6.32. The predicted molar refractivity (Wildman–Crippen MR) is 112 cm³/mol. The summed E-state index contributed by atoms with van der Waals surface area (Å²) in [6.07, 6.45) is 1.50. The first-order chi connectivity index (χ1) is 15.0. The number of furan rings is 1. The minimum absolute atomic E-state index is 0.00727. The van der Waals surface area contributed by atoms with Crippen molar-refractivity contribution >= 4 is 17.8 Å². The third-order valence-corrected chi connectivity index (χ3v) is 4.32. The molecule has 0 aliphatic rings. The van der Waals surface area contributed by atoms with E-state index >= 15 is 0 Å². The van der Waals surface area contributed by atoms with Gasteiger partial charge in [-0.05, 0) is 35.9 Å². The first-order valence-electron chi connectivity index (χ1n) is 9.25. The number of hydrogen-bond acceptors (Lipinski definition) is 7. The average Bonchev–Trinajstić information content (AvgIpc) is 3.30. The van der Waals surface area contributed by atoms with Crippen molar-refractivity contribution in [3.63, 3.8) is 0 Å². The van der Waals surface area contributed by atoms with Crippen molar-refractivity contribution in [2.75, 3.05) is 14.2 Å². The van der Waals surface area contributed by atoms with Gasteiger partial charge in [-0.15, -0.1) is 0 Å². The molecule has 1 heterocycles. The van der Waals surface area contributed by atoms with Crippen molar-refractivity contribution in [2.24, 2.45) is 0 Å². The number of ether oxygens (including phenoxy) is 3. The van der Waals surface area contributed by atoms with E-state index < -0.39 is 5.97 Å². The number of nitrogens with zero attached hydrogens (tertiary/aromatic N) is 1. The quantitative estimate of drug-likeness (QED) is 0.231. The average molecular weight is 417 g/mol. The Balaban J connectivity index is 1.77. The second kappa shape index (κ2) is 9.94. The summed E-state index contributed by atoms with van der Waals surface area (Å²) in [5.74, 6) is 0.439. The number of benzene rings is 2. The van der Waals surface area contributed by atoms with Crippen LogP contribution in [0, 0.1) is 11.3 Å². The van der Waals surface area contributed by atoms with Crippen LogP contribution in [-0.4, -0.2) is 26.0 Å². The first-order valence-corrected chi connectivity index (χ1v) is 9.25.